The van der Waals surface area contributed by atoms with Crippen LogP contribution in [0.15, 0.2) is 70.8 Å². The van der Waals surface area contributed by atoms with Gasteiger partial charge in [-0.05, 0) is 36.4 Å². The molecular formula is C20H19BrN4O2S. The second-order valence-electron chi connectivity index (χ2n) is 5.78. The summed E-state index contributed by atoms with van der Waals surface area (Å²) in [5.41, 5.74) is 1.67. The molecule has 0 atom stereocenters. The van der Waals surface area contributed by atoms with Crippen LogP contribution < -0.4 is 10.1 Å². The Morgan fingerprint density at radius 1 is 1.21 bits per heavy atom. The van der Waals surface area contributed by atoms with Crippen LogP contribution in [0.2, 0.25) is 0 Å². The van der Waals surface area contributed by atoms with E-state index >= 15 is 0 Å². The van der Waals surface area contributed by atoms with Gasteiger partial charge < -0.3 is 10.1 Å². The molecule has 3 rings (SSSR count). The SMILES string of the molecule is C=CCn1c(SCC(=O)Nc2ccc(OC)cc2)nnc1-c1ccc(Br)cc1. The zero-order chi connectivity index (χ0) is 19.9. The number of rotatable bonds is 8. The first-order valence-corrected chi connectivity index (χ1v) is 10.3. The fourth-order valence-electron chi connectivity index (χ4n) is 2.50. The van der Waals surface area contributed by atoms with Crippen LogP contribution in [0.1, 0.15) is 0 Å². The molecule has 1 amide bonds. The minimum Gasteiger partial charge on any atom is -0.497 e. The molecule has 0 radical (unpaired) electrons. The molecule has 6 nitrogen and oxygen atoms in total. The van der Waals surface area contributed by atoms with Crippen LogP contribution >= 0.6 is 27.7 Å². The van der Waals surface area contributed by atoms with Gasteiger partial charge in [0.25, 0.3) is 0 Å². The van der Waals surface area contributed by atoms with Crippen molar-refractivity contribution in [2.24, 2.45) is 0 Å². The summed E-state index contributed by atoms with van der Waals surface area (Å²) in [6.45, 7) is 4.36. The van der Waals surface area contributed by atoms with Crippen LogP contribution in [-0.2, 0) is 11.3 Å². The van der Waals surface area contributed by atoms with E-state index in [2.05, 4.69) is 38.0 Å². The zero-order valence-electron chi connectivity index (χ0n) is 15.3. The van der Waals surface area contributed by atoms with E-state index in [1.807, 2.05) is 28.8 Å². The number of carbonyl (C=O) groups is 1. The van der Waals surface area contributed by atoms with E-state index in [0.717, 1.165) is 27.3 Å². The van der Waals surface area contributed by atoms with Gasteiger partial charge in [0.2, 0.25) is 5.91 Å². The summed E-state index contributed by atoms with van der Waals surface area (Å²) in [5, 5.41) is 12.1. The number of amides is 1. The maximum absolute atomic E-state index is 12.3. The lowest BCUT2D eigenvalue weighted by Crippen LogP contribution is -2.14. The Balaban J connectivity index is 1.68. The topological polar surface area (TPSA) is 69.0 Å². The fraction of sp³-hybridized carbons (Fsp3) is 0.150. The lowest BCUT2D eigenvalue weighted by atomic mass is 10.2. The lowest BCUT2D eigenvalue weighted by Gasteiger charge is -2.08. The summed E-state index contributed by atoms with van der Waals surface area (Å²) < 4.78 is 8.06. The highest BCUT2D eigenvalue weighted by atomic mass is 79.9. The number of halogens is 1. The Hall–Kier alpha value is -2.58. The molecule has 0 saturated carbocycles. The largest absolute Gasteiger partial charge is 0.497 e. The summed E-state index contributed by atoms with van der Waals surface area (Å²) in [6.07, 6.45) is 1.78. The van der Waals surface area contributed by atoms with Crippen LogP contribution in [0.3, 0.4) is 0 Å². The first-order chi connectivity index (χ1) is 13.6. The lowest BCUT2D eigenvalue weighted by molar-refractivity contribution is -0.113. The van der Waals surface area contributed by atoms with Crippen LogP contribution in [0.5, 0.6) is 5.75 Å². The van der Waals surface area contributed by atoms with E-state index < -0.39 is 0 Å². The minimum atomic E-state index is -0.117. The summed E-state index contributed by atoms with van der Waals surface area (Å²) >= 11 is 4.77. The van der Waals surface area contributed by atoms with Crippen LogP contribution in [0, 0.1) is 0 Å². The van der Waals surface area contributed by atoms with Gasteiger partial charge in [-0.2, -0.15) is 0 Å². The van der Waals surface area contributed by atoms with E-state index in [-0.39, 0.29) is 11.7 Å². The van der Waals surface area contributed by atoms with Gasteiger partial charge in [-0.25, -0.2) is 0 Å². The van der Waals surface area contributed by atoms with Gasteiger partial charge >= 0.3 is 0 Å². The molecule has 3 aromatic rings. The van der Waals surface area contributed by atoms with Crippen molar-refractivity contribution in [2.75, 3.05) is 18.2 Å². The third-order valence-electron chi connectivity index (χ3n) is 3.84. The fourth-order valence-corrected chi connectivity index (χ4v) is 3.52. The highest BCUT2D eigenvalue weighted by Gasteiger charge is 2.15. The molecule has 0 bridgehead atoms. The quantitative estimate of drug-likeness (QED) is 0.393. The smallest absolute Gasteiger partial charge is 0.234 e. The molecular weight excluding hydrogens is 440 g/mol. The van der Waals surface area contributed by atoms with Crippen LogP contribution in [-0.4, -0.2) is 33.5 Å². The summed E-state index contributed by atoms with van der Waals surface area (Å²) in [5.74, 6) is 1.59. The molecule has 0 unspecified atom stereocenters. The van der Waals surface area contributed by atoms with E-state index in [0.29, 0.717) is 11.7 Å². The molecule has 0 saturated heterocycles. The van der Waals surface area contributed by atoms with Crippen molar-refractivity contribution in [3.63, 3.8) is 0 Å². The molecule has 2 aromatic carbocycles. The van der Waals surface area contributed by atoms with E-state index in [1.165, 1.54) is 11.8 Å². The number of ether oxygens (including phenoxy) is 1. The Labute approximate surface area is 176 Å². The van der Waals surface area contributed by atoms with Gasteiger partial charge in [-0.3, -0.25) is 9.36 Å². The molecule has 1 aromatic heterocycles. The average molecular weight is 459 g/mol. The number of benzene rings is 2. The van der Waals surface area contributed by atoms with Gasteiger partial charge in [0.05, 0.1) is 12.9 Å². The molecule has 0 aliphatic rings. The Bertz CT molecular complexity index is 955. The van der Waals surface area contributed by atoms with Gasteiger partial charge in [-0.1, -0.05) is 45.9 Å². The third-order valence-corrected chi connectivity index (χ3v) is 5.33. The first kappa shape index (κ1) is 20.2. The monoisotopic (exact) mass is 458 g/mol. The van der Waals surface area contributed by atoms with Gasteiger partial charge in [0, 0.05) is 22.3 Å². The molecule has 1 heterocycles. The van der Waals surface area contributed by atoms with E-state index in [9.17, 15) is 4.79 Å². The number of methoxy groups -OCH3 is 1. The minimum absolute atomic E-state index is 0.117. The second kappa shape index (κ2) is 9.57. The number of aromatic nitrogens is 3. The van der Waals surface area contributed by atoms with Gasteiger partial charge in [0.15, 0.2) is 11.0 Å². The van der Waals surface area contributed by atoms with Crippen molar-refractivity contribution in [2.45, 2.75) is 11.7 Å². The van der Waals surface area contributed by atoms with Crippen LogP contribution in [0.4, 0.5) is 5.69 Å². The number of allylic oxidation sites excluding steroid dienone is 1. The highest BCUT2D eigenvalue weighted by molar-refractivity contribution is 9.10. The van der Waals surface area contributed by atoms with Gasteiger partial charge in [0.1, 0.15) is 5.75 Å². The third kappa shape index (κ3) is 5.02. The maximum Gasteiger partial charge on any atom is 0.234 e. The molecule has 0 aliphatic carbocycles. The first-order valence-electron chi connectivity index (χ1n) is 8.47. The molecule has 8 heteroatoms. The number of nitrogens with zero attached hydrogens (tertiary/aromatic N) is 3. The molecule has 1 N–H and O–H groups in total. The maximum atomic E-state index is 12.3. The number of carbonyl (C=O) groups excluding carboxylic acids is 1. The van der Waals surface area contributed by atoms with E-state index in [4.69, 9.17) is 4.74 Å². The number of nitrogens with one attached hydrogen (secondary N) is 1. The predicted octanol–water partition coefficient (Wildman–Crippen LogP) is 4.63. The molecule has 144 valence electrons. The molecule has 0 aliphatic heterocycles. The van der Waals surface area contributed by atoms with Crippen molar-refractivity contribution < 1.29 is 9.53 Å². The summed E-state index contributed by atoms with van der Waals surface area (Å²) in [6, 6.07) is 15.0. The molecule has 0 fully saturated rings. The Morgan fingerprint density at radius 3 is 2.57 bits per heavy atom. The van der Waals surface area contributed by atoms with Gasteiger partial charge in [-0.15, -0.1) is 16.8 Å². The summed E-state index contributed by atoms with van der Waals surface area (Å²) in [4.78, 5) is 12.3. The van der Waals surface area contributed by atoms with Crippen molar-refractivity contribution in [3.8, 4) is 17.1 Å². The standard InChI is InChI=1S/C20H19BrN4O2S/c1-3-12-25-19(14-4-6-15(21)7-5-14)23-24-20(25)28-13-18(26)22-16-8-10-17(27-2)11-9-16/h3-11H,1,12-13H2,2H3,(H,22,26). The summed E-state index contributed by atoms with van der Waals surface area (Å²) in [7, 11) is 1.60. The average Bonchev–Trinajstić information content (AvgIpc) is 3.10. The Morgan fingerprint density at radius 2 is 1.93 bits per heavy atom. The molecule has 28 heavy (non-hydrogen) atoms. The van der Waals surface area contributed by atoms with Crippen molar-refractivity contribution in [3.05, 3.63) is 65.7 Å². The second-order valence-corrected chi connectivity index (χ2v) is 7.64. The number of anilines is 1. The van der Waals surface area contributed by atoms with Crippen molar-refractivity contribution >= 4 is 39.3 Å². The van der Waals surface area contributed by atoms with Crippen LogP contribution in [0.25, 0.3) is 11.4 Å². The number of hydrogen-bond acceptors (Lipinski definition) is 5. The zero-order valence-corrected chi connectivity index (χ0v) is 17.7. The predicted molar refractivity (Wildman–Crippen MR) is 116 cm³/mol. The van der Waals surface area contributed by atoms with Crippen molar-refractivity contribution in [1.82, 2.24) is 14.8 Å². The Kier molecular flexibility index (Phi) is 6.89. The molecule has 0 spiro atoms. The highest BCUT2D eigenvalue weighted by Crippen LogP contribution is 2.25. The number of thioether (sulfide) groups is 1. The number of hydrogen-bond donors (Lipinski definition) is 1. The normalized spacial score (nSPS) is 10.5. The van der Waals surface area contributed by atoms with Crippen molar-refractivity contribution in [1.29, 1.82) is 0 Å². The van der Waals surface area contributed by atoms with E-state index in [1.54, 1.807) is 37.5 Å².